The van der Waals surface area contributed by atoms with Crippen LogP contribution in [0.25, 0.3) is 0 Å². The van der Waals surface area contributed by atoms with Crippen molar-refractivity contribution in [3.63, 3.8) is 0 Å². The molecular weight excluding hydrogens is 256 g/mol. The van der Waals surface area contributed by atoms with Gasteiger partial charge in [0.25, 0.3) is 0 Å². The van der Waals surface area contributed by atoms with E-state index >= 15 is 0 Å². The topological polar surface area (TPSA) is 15.3 Å². The van der Waals surface area contributed by atoms with Gasteiger partial charge in [0.15, 0.2) is 0 Å². The summed E-state index contributed by atoms with van der Waals surface area (Å²) in [7, 11) is 0. The van der Waals surface area contributed by atoms with Gasteiger partial charge in [-0.2, -0.15) is 0 Å². The molecular formula is C19H40N2. The fraction of sp³-hybridized carbons (Fsp3) is 1.00. The second-order valence-electron chi connectivity index (χ2n) is 8.00. The number of unbranched alkanes of at least 4 members (excludes halogenated alkanes) is 2. The quantitative estimate of drug-likeness (QED) is 0.556. The SMILES string of the molecule is CCCCCN(CC1(CNCC(C)C)CCCC1)C(C)C. The highest BCUT2D eigenvalue weighted by molar-refractivity contribution is 4.90. The van der Waals surface area contributed by atoms with Crippen molar-refractivity contribution < 1.29 is 0 Å². The Morgan fingerprint density at radius 3 is 2.24 bits per heavy atom. The lowest BCUT2D eigenvalue weighted by molar-refractivity contribution is 0.119. The molecule has 1 N–H and O–H groups in total. The first-order valence-electron chi connectivity index (χ1n) is 9.44. The van der Waals surface area contributed by atoms with E-state index in [0.717, 1.165) is 5.92 Å². The normalized spacial score (nSPS) is 18.3. The highest BCUT2D eigenvalue weighted by Gasteiger charge is 2.35. The molecule has 0 aromatic rings. The van der Waals surface area contributed by atoms with Crippen LogP contribution in [0.2, 0.25) is 0 Å². The molecule has 2 nitrogen and oxygen atoms in total. The maximum Gasteiger partial charge on any atom is 0.00528 e. The van der Waals surface area contributed by atoms with Crippen LogP contribution in [0.4, 0.5) is 0 Å². The Kier molecular flexibility index (Phi) is 8.89. The van der Waals surface area contributed by atoms with Crippen LogP contribution in [0.15, 0.2) is 0 Å². The first kappa shape index (κ1) is 19.0. The Balaban J connectivity index is 2.52. The van der Waals surface area contributed by atoms with E-state index in [2.05, 4.69) is 44.8 Å². The minimum absolute atomic E-state index is 0.547. The minimum atomic E-state index is 0.547. The van der Waals surface area contributed by atoms with Crippen LogP contribution in [-0.2, 0) is 0 Å². The molecule has 1 aliphatic rings. The van der Waals surface area contributed by atoms with Gasteiger partial charge in [-0.05, 0) is 57.5 Å². The molecule has 0 aliphatic heterocycles. The van der Waals surface area contributed by atoms with Crippen molar-refractivity contribution in [2.75, 3.05) is 26.2 Å². The Hall–Kier alpha value is -0.0800. The molecule has 126 valence electrons. The van der Waals surface area contributed by atoms with E-state index in [1.807, 2.05) is 0 Å². The van der Waals surface area contributed by atoms with E-state index in [-0.39, 0.29) is 0 Å². The zero-order chi connectivity index (χ0) is 15.7. The van der Waals surface area contributed by atoms with Gasteiger partial charge in [0.05, 0.1) is 0 Å². The summed E-state index contributed by atoms with van der Waals surface area (Å²) in [6.07, 6.45) is 9.79. The summed E-state index contributed by atoms with van der Waals surface area (Å²) < 4.78 is 0. The smallest absolute Gasteiger partial charge is 0.00528 e. The molecule has 0 unspecified atom stereocenters. The molecule has 0 bridgehead atoms. The van der Waals surface area contributed by atoms with Crippen LogP contribution in [0, 0.1) is 11.3 Å². The maximum absolute atomic E-state index is 3.75. The molecule has 1 rings (SSSR count). The van der Waals surface area contributed by atoms with E-state index in [1.165, 1.54) is 71.1 Å². The zero-order valence-corrected chi connectivity index (χ0v) is 15.4. The summed E-state index contributed by atoms with van der Waals surface area (Å²) in [5.74, 6) is 0.759. The molecule has 0 aromatic heterocycles. The molecule has 0 radical (unpaired) electrons. The molecule has 21 heavy (non-hydrogen) atoms. The predicted molar refractivity (Wildman–Crippen MR) is 94.8 cm³/mol. The van der Waals surface area contributed by atoms with Crippen LogP contribution < -0.4 is 5.32 Å². The molecule has 1 saturated carbocycles. The van der Waals surface area contributed by atoms with E-state index in [1.54, 1.807) is 0 Å². The van der Waals surface area contributed by atoms with Crippen molar-refractivity contribution >= 4 is 0 Å². The van der Waals surface area contributed by atoms with Crippen LogP contribution in [0.1, 0.15) is 79.6 Å². The zero-order valence-electron chi connectivity index (χ0n) is 15.4. The van der Waals surface area contributed by atoms with Crippen molar-refractivity contribution in [1.29, 1.82) is 0 Å². The number of nitrogens with zero attached hydrogens (tertiary/aromatic N) is 1. The fourth-order valence-electron chi connectivity index (χ4n) is 3.66. The summed E-state index contributed by atoms with van der Waals surface area (Å²) in [6, 6.07) is 0.685. The van der Waals surface area contributed by atoms with Gasteiger partial charge in [-0.25, -0.2) is 0 Å². The van der Waals surface area contributed by atoms with E-state index < -0.39 is 0 Å². The second kappa shape index (κ2) is 9.84. The van der Waals surface area contributed by atoms with Gasteiger partial charge in [-0.1, -0.05) is 46.5 Å². The van der Waals surface area contributed by atoms with E-state index in [4.69, 9.17) is 0 Å². The molecule has 0 aromatic carbocycles. The molecule has 0 amide bonds. The van der Waals surface area contributed by atoms with Crippen molar-refractivity contribution in [3.8, 4) is 0 Å². The van der Waals surface area contributed by atoms with Crippen molar-refractivity contribution in [2.24, 2.45) is 11.3 Å². The molecule has 0 saturated heterocycles. The monoisotopic (exact) mass is 296 g/mol. The van der Waals surface area contributed by atoms with Gasteiger partial charge >= 0.3 is 0 Å². The van der Waals surface area contributed by atoms with E-state index in [9.17, 15) is 0 Å². The first-order valence-corrected chi connectivity index (χ1v) is 9.44. The average molecular weight is 297 g/mol. The van der Waals surface area contributed by atoms with Crippen molar-refractivity contribution in [1.82, 2.24) is 10.2 Å². The number of rotatable bonds is 11. The van der Waals surface area contributed by atoms with Gasteiger partial charge in [0.2, 0.25) is 0 Å². The lowest BCUT2D eigenvalue weighted by Crippen LogP contribution is -2.46. The summed E-state index contributed by atoms with van der Waals surface area (Å²) >= 11 is 0. The summed E-state index contributed by atoms with van der Waals surface area (Å²) in [5.41, 5.74) is 0.547. The minimum Gasteiger partial charge on any atom is -0.316 e. The average Bonchev–Trinajstić information content (AvgIpc) is 2.86. The van der Waals surface area contributed by atoms with Gasteiger partial charge in [-0.15, -0.1) is 0 Å². The summed E-state index contributed by atoms with van der Waals surface area (Å²) in [6.45, 7) is 16.6. The number of hydrogen-bond acceptors (Lipinski definition) is 2. The molecule has 1 fully saturated rings. The summed E-state index contributed by atoms with van der Waals surface area (Å²) in [5, 5.41) is 3.75. The third-order valence-corrected chi connectivity index (χ3v) is 5.03. The molecule has 0 spiro atoms. The molecule has 0 atom stereocenters. The van der Waals surface area contributed by atoms with Crippen LogP contribution in [0.3, 0.4) is 0 Å². The third kappa shape index (κ3) is 7.15. The second-order valence-corrected chi connectivity index (χ2v) is 8.00. The van der Waals surface area contributed by atoms with Crippen LogP contribution in [-0.4, -0.2) is 37.1 Å². The Morgan fingerprint density at radius 2 is 1.71 bits per heavy atom. The van der Waals surface area contributed by atoms with Gasteiger partial charge < -0.3 is 10.2 Å². The largest absolute Gasteiger partial charge is 0.316 e. The first-order chi connectivity index (χ1) is 9.99. The summed E-state index contributed by atoms with van der Waals surface area (Å²) in [4.78, 5) is 2.75. The lowest BCUT2D eigenvalue weighted by atomic mass is 9.84. The highest BCUT2D eigenvalue weighted by Crippen LogP contribution is 2.38. The number of nitrogens with one attached hydrogen (secondary N) is 1. The predicted octanol–water partition coefficient (Wildman–Crippen LogP) is 4.69. The van der Waals surface area contributed by atoms with E-state index in [0.29, 0.717) is 11.5 Å². The lowest BCUT2D eigenvalue weighted by Gasteiger charge is -2.38. The van der Waals surface area contributed by atoms with Crippen molar-refractivity contribution in [2.45, 2.75) is 85.6 Å². The number of hydrogen-bond donors (Lipinski definition) is 1. The molecule has 2 heteroatoms. The third-order valence-electron chi connectivity index (χ3n) is 5.03. The molecule has 1 aliphatic carbocycles. The van der Waals surface area contributed by atoms with Gasteiger partial charge in [0.1, 0.15) is 0 Å². The van der Waals surface area contributed by atoms with Gasteiger partial charge in [0, 0.05) is 19.1 Å². The standard InChI is InChI=1S/C19H40N2/c1-6-7-10-13-21(18(4)5)16-19(11-8-9-12-19)15-20-14-17(2)3/h17-18,20H,6-16H2,1-5H3. The Bertz CT molecular complexity index is 254. The van der Waals surface area contributed by atoms with Crippen molar-refractivity contribution in [3.05, 3.63) is 0 Å². The van der Waals surface area contributed by atoms with Gasteiger partial charge in [-0.3, -0.25) is 0 Å². The highest BCUT2D eigenvalue weighted by atomic mass is 15.2. The fourth-order valence-corrected chi connectivity index (χ4v) is 3.66. The van der Waals surface area contributed by atoms with Crippen LogP contribution in [0.5, 0.6) is 0 Å². The maximum atomic E-state index is 3.75. The Labute approximate surface area is 134 Å². The van der Waals surface area contributed by atoms with Crippen LogP contribution >= 0.6 is 0 Å². The Morgan fingerprint density at radius 1 is 1.05 bits per heavy atom. The molecule has 0 heterocycles.